The molecule has 1 aliphatic heterocycles. The molecule has 1 heterocycles. The summed E-state index contributed by atoms with van der Waals surface area (Å²) >= 11 is 6.46. The van der Waals surface area contributed by atoms with Gasteiger partial charge in [-0.05, 0) is 41.5 Å². The number of halogens is 1. The highest BCUT2D eigenvalue weighted by atomic mass is 32.2. The van der Waals surface area contributed by atoms with E-state index in [1.165, 1.54) is 11.0 Å². The molecule has 0 aromatic heterocycles. The number of thioether (sulfide) groups is 1. The SMILES string of the molecule is O=C1/C(=C\c2ccc(OCc3ccccc3)cc2)SC(=S)N1c1ccccc1F. The highest BCUT2D eigenvalue weighted by Crippen LogP contribution is 2.37. The molecule has 3 nitrogen and oxygen atoms in total. The predicted octanol–water partition coefficient (Wildman–Crippen LogP) is 5.81. The molecule has 4 rings (SSSR count). The summed E-state index contributed by atoms with van der Waals surface area (Å²) in [6.45, 7) is 0.488. The average molecular weight is 422 g/mol. The van der Waals surface area contributed by atoms with Gasteiger partial charge < -0.3 is 4.74 Å². The van der Waals surface area contributed by atoms with Crippen LogP contribution in [-0.4, -0.2) is 10.2 Å². The molecular formula is C23H16FNO2S2. The normalized spacial score (nSPS) is 15.2. The number of hydrogen-bond acceptors (Lipinski definition) is 4. The average Bonchev–Trinajstić information content (AvgIpc) is 3.02. The van der Waals surface area contributed by atoms with Crippen LogP contribution in [0.5, 0.6) is 5.75 Å². The van der Waals surface area contributed by atoms with E-state index in [2.05, 4.69) is 0 Å². The van der Waals surface area contributed by atoms with Crippen molar-refractivity contribution >= 4 is 46.0 Å². The van der Waals surface area contributed by atoms with Gasteiger partial charge in [0, 0.05) is 0 Å². The molecule has 0 bridgehead atoms. The van der Waals surface area contributed by atoms with Crippen LogP contribution in [0.3, 0.4) is 0 Å². The summed E-state index contributed by atoms with van der Waals surface area (Å²) in [7, 11) is 0. The number of carbonyl (C=O) groups is 1. The van der Waals surface area contributed by atoms with Gasteiger partial charge in [-0.1, -0.05) is 78.6 Å². The van der Waals surface area contributed by atoms with Crippen LogP contribution >= 0.6 is 24.0 Å². The van der Waals surface area contributed by atoms with E-state index >= 15 is 0 Å². The van der Waals surface area contributed by atoms with Gasteiger partial charge in [-0.2, -0.15) is 0 Å². The van der Waals surface area contributed by atoms with Crippen molar-refractivity contribution in [2.24, 2.45) is 0 Å². The predicted molar refractivity (Wildman–Crippen MR) is 119 cm³/mol. The van der Waals surface area contributed by atoms with E-state index in [0.29, 0.717) is 15.8 Å². The molecule has 0 saturated carbocycles. The summed E-state index contributed by atoms with van der Waals surface area (Å²) in [6.07, 6.45) is 1.75. The molecule has 1 fully saturated rings. The second-order valence-electron chi connectivity index (χ2n) is 6.31. The molecule has 1 aliphatic rings. The third-order valence-corrected chi connectivity index (χ3v) is 5.62. The van der Waals surface area contributed by atoms with Crippen molar-refractivity contribution in [1.82, 2.24) is 0 Å². The Labute approximate surface area is 177 Å². The maximum Gasteiger partial charge on any atom is 0.270 e. The number of rotatable bonds is 5. The van der Waals surface area contributed by atoms with Crippen molar-refractivity contribution in [3.63, 3.8) is 0 Å². The molecule has 3 aromatic rings. The zero-order valence-corrected chi connectivity index (χ0v) is 16.9. The first-order valence-corrected chi connectivity index (χ1v) is 10.1. The first-order chi connectivity index (χ1) is 14.1. The number of benzene rings is 3. The Morgan fingerprint density at radius 2 is 1.66 bits per heavy atom. The van der Waals surface area contributed by atoms with E-state index in [-0.39, 0.29) is 11.6 Å². The molecule has 29 heavy (non-hydrogen) atoms. The van der Waals surface area contributed by atoms with Crippen LogP contribution in [0.2, 0.25) is 0 Å². The van der Waals surface area contributed by atoms with Crippen molar-refractivity contribution in [2.75, 3.05) is 4.90 Å². The number of anilines is 1. The van der Waals surface area contributed by atoms with Crippen molar-refractivity contribution in [3.8, 4) is 5.75 Å². The third-order valence-electron chi connectivity index (χ3n) is 4.31. The number of nitrogens with zero attached hydrogens (tertiary/aromatic N) is 1. The second kappa shape index (κ2) is 8.59. The minimum Gasteiger partial charge on any atom is -0.489 e. The van der Waals surface area contributed by atoms with Gasteiger partial charge in [0.2, 0.25) is 0 Å². The lowest BCUT2D eigenvalue weighted by atomic mass is 10.2. The molecule has 0 N–H and O–H groups in total. The van der Waals surface area contributed by atoms with Crippen LogP contribution in [0.1, 0.15) is 11.1 Å². The Morgan fingerprint density at radius 3 is 2.38 bits per heavy atom. The van der Waals surface area contributed by atoms with E-state index in [1.807, 2.05) is 54.6 Å². The molecular weight excluding hydrogens is 405 g/mol. The Kier molecular flexibility index (Phi) is 5.74. The van der Waals surface area contributed by atoms with Crippen molar-refractivity contribution in [2.45, 2.75) is 6.61 Å². The Morgan fingerprint density at radius 1 is 0.966 bits per heavy atom. The lowest BCUT2D eigenvalue weighted by Crippen LogP contribution is -2.28. The minimum absolute atomic E-state index is 0.169. The van der Waals surface area contributed by atoms with Gasteiger partial charge in [-0.15, -0.1) is 0 Å². The standard InChI is InChI=1S/C23H16FNO2S2/c24-19-8-4-5-9-20(19)25-22(26)21(29-23(25)28)14-16-10-12-18(13-11-16)27-15-17-6-2-1-3-7-17/h1-14H,15H2/b21-14+. The van der Waals surface area contributed by atoms with Gasteiger partial charge in [0.05, 0.1) is 10.6 Å². The number of para-hydroxylation sites is 1. The molecule has 0 atom stereocenters. The van der Waals surface area contributed by atoms with E-state index in [1.54, 1.807) is 24.3 Å². The summed E-state index contributed by atoms with van der Waals surface area (Å²) in [5.74, 6) is -0.0654. The molecule has 3 aromatic carbocycles. The Hall–Kier alpha value is -2.96. The minimum atomic E-state index is -0.482. The first-order valence-electron chi connectivity index (χ1n) is 8.91. The number of carbonyl (C=O) groups excluding carboxylic acids is 1. The highest BCUT2D eigenvalue weighted by Gasteiger charge is 2.34. The Balaban J connectivity index is 1.47. The first kappa shape index (κ1) is 19.4. The van der Waals surface area contributed by atoms with Crippen molar-refractivity contribution in [3.05, 3.63) is 101 Å². The van der Waals surface area contributed by atoms with E-state index in [9.17, 15) is 9.18 Å². The fourth-order valence-electron chi connectivity index (χ4n) is 2.86. The van der Waals surface area contributed by atoms with Crippen molar-refractivity contribution < 1.29 is 13.9 Å². The van der Waals surface area contributed by atoms with Crippen LogP contribution < -0.4 is 9.64 Å². The molecule has 144 valence electrons. The topological polar surface area (TPSA) is 29.5 Å². The van der Waals surface area contributed by atoms with Crippen LogP contribution in [0.25, 0.3) is 6.08 Å². The van der Waals surface area contributed by atoms with Gasteiger partial charge >= 0.3 is 0 Å². The molecule has 6 heteroatoms. The van der Waals surface area contributed by atoms with Gasteiger partial charge in [0.1, 0.15) is 18.2 Å². The fraction of sp³-hybridized carbons (Fsp3) is 0.0435. The fourth-order valence-corrected chi connectivity index (χ4v) is 4.15. The van der Waals surface area contributed by atoms with Gasteiger partial charge in [0.15, 0.2) is 4.32 Å². The quantitative estimate of drug-likeness (QED) is 0.384. The summed E-state index contributed by atoms with van der Waals surface area (Å²) in [5.41, 5.74) is 2.10. The van der Waals surface area contributed by atoms with E-state index in [4.69, 9.17) is 17.0 Å². The summed E-state index contributed by atoms with van der Waals surface area (Å²) < 4.78 is 20.2. The molecule has 0 unspecified atom stereocenters. The van der Waals surface area contributed by atoms with Gasteiger partial charge in [-0.3, -0.25) is 9.69 Å². The van der Waals surface area contributed by atoms with E-state index < -0.39 is 5.82 Å². The Bertz CT molecular complexity index is 1080. The zero-order chi connectivity index (χ0) is 20.2. The number of hydrogen-bond donors (Lipinski definition) is 0. The van der Waals surface area contributed by atoms with Crippen LogP contribution in [0.15, 0.2) is 83.8 Å². The number of amides is 1. The van der Waals surface area contributed by atoms with Crippen LogP contribution in [-0.2, 0) is 11.4 Å². The van der Waals surface area contributed by atoms with Crippen LogP contribution in [0.4, 0.5) is 10.1 Å². The van der Waals surface area contributed by atoms with E-state index in [0.717, 1.165) is 28.6 Å². The smallest absolute Gasteiger partial charge is 0.270 e. The van der Waals surface area contributed by atoms with Crippen molar-refractivity contribution in [1.29, 1.82) is 0 Å². The molecule has 1 amide bonds. The zero-order valence-electron chi connectivity index (χ0n) is 15.2. The van der Waals surface area contributed by atoms with Gasteiger partial charge in [0.25, 0.3) is 5.91 Å². The lowest BCUT2D eigenvalue weighted by Gasteiger charge is -2.14. The summed E-state index contributed by atoms with van der Waals surface area (Å²) in [4.78, 5) is 14.4. The summed E-state index contributed by atoms with van der Waals surface area (Å²) in [6, 6.07) is 23.5. The molecule has 0 aliphatic carbocycles. The summed E-state index contributed by atoms with van der Waals surface area (Å²) in [5, 5.41) is 0. The maximum absolute atomic E-state index is 14.1. The highest BCUT2D eigenvalue weighted by molar-refractivity contribution is 8.27. The maximum atomic E-state index is 14.1. The lowest BCUT2D eigenvalue weighted by molar-refractivity contribution is -0.113. The van der Waals surface area contributed by atoms with Gasteiger partial charge in [-0.25, -0.2) is 4.39 Å². The second-order valence-corrected chi connectivity index (χ2v) is 7.99. The monoisotopic (exact) mass is 421 g/mol. The van der Waals surface area contributed by atoms with Crippen LogP contribution in [0, 0.1) is 5.82 Å². The number of thiocarbonyl (C=S) groups is 1. The largest absolute Gasteiger partial charge is 0.489 e. The number of ether oxygens (including phenoxy) is 1. The molecule has 1 saturated heterocycles. The molecule has 0 spiro atoms. The molecule has 0 radical (unpaired) electrons. The third kappa shape index (κ3) is 4.39.